The Morgan fingerprint density at radius 3 is 2.72 bits per heavy atom. The summed E-state index contributed by atoms with van der Waals surface area (Å²) in [6, 6.07) is 12.9. The molecule has 0 radical (unpaired) electrons. The van der Waals surface area contributed by atoms with Crippen molar-refractivity contribution in [2.75, 3.05) is 11.6 Å². The topological polar surface area (TPSA) is 122 Å². The summed E-state index contributed by atoms with van der Waals surface area (Å²) in [6.07, 6.45) is 2.29. The Bertz CT molecular complexity index is 1350. The number of amides is 1. The van der Waals surface area contributed by atoms with Crippen molar-refractivity contribution in [3.63, 3.8) is 0 Å². The van der Waals surface area contributed by atoms with Gasteiger partial charge in [0.15, 0.2) is 0 Å². The van der Waals surface area contributed by atoms with E-state index in [1.54, 1.807) is 42.5 Å². The number of carbonyl (C=O) groups excluding carboxylic acids is 1. The molecule has 0 atom stereocenters. The van der Waals surface area contributed by atoms with Crippen LogP contribution in [0, 0.1) is 17.1 Å². The normalized spacial score (nSPS) is 11.6. The molecule has 32 heavy (non-hydrogen) atoms. The molecule has 0 aliphatic heterocycles. The number of hydrogen-bond donors (Lipinski definition) is 1. The third-order valence-corrected chi connectivity index (χ3v) is 6.14. The van der Waals surface area contributed by atoms with Crippen molar-refractivity contribution in [2.45, 2.75) is 11.8 Å². The Kier molecular flexibility index (Phi) is 7.34. The number of nitrogens with zero attached hydrogens (tertiary/aromatic N) is 3. The molecule has 8 nitrogen and oxygen atoms in total. The van der Waals surface area contributed by atoms with Crippen molar-refractivity contribution >= 4 is 54.4 Å². The zero-order valence-corrected chi connectivity index (χ0v) is 19.6. The molecule has 12 heteroatoms. The van der Waals surface area contributed by atoms with Crippen molar-refractivity contribution in [3.05, 3.63) is 69.5 Å². The summed E-state index contributed by atoms with van der Waals surface area (Å²) in [7, 11) is -3.61. The number of halogens is 2. The molecule has 164 valence electrons. The van der Waals surface area contributed by atoms with Crippen molar-refractivity contribution in [1.82, 2.24) is 9.36 Å². The largest absolute Gasteiger partial charge is 0.488 e. The van der Waals surface area contributed by atoms with Crippen LogP contribution in [0.4, 0.5) is 9.52 Å². The van der Waals surface area contributed by atoms with E-state index in [2.05, 4.69) is 30.6 Å². The van der Waals surface area contributed by atoms with Gasteiger partial charge in [0.2, 0.25) is 15.0 Å². The summed E-state index contributed by atoms with van der Waals surface area (Å²) < 4.78 is 46.4. The molecular weight excluding hydrogens is 523 g/mol. The molecule has 0 aliphatic rings. The van der Waals surface area contributed by atoms with Gasteiger partial charge in [0.1, 0.15) is 29.8 Å². The number of benzene rings is 2. The van der Waals surface area contributed by atoms with Crippen molar-refractivity contribution in [2.24, 2.45) is 0 Å². The zero-order chi connectivity index (χ0) is 23.3. The number of nitriles is 1. The molecule has 1 N–H and O–H groups in total. The molecular formula is C20H14BrFN4O4S2. The predicted molar refractivity (Wildman–Crippen MR) is 120 cm³/mol. The van der Waals surface area contributed by atoms with Gasteiger partial charge in [0.25, 0.3) is 11.1 Å². The minimum absolute atomic E-state index is 0.0314. The number of nitrogens with one attached hydrogen (secondary N) is 1. The first-order chi connectivity index (χ1) is 15.2. The van der Waals surface area contributed by atoms with Crippen LogP contribution in [0.25, 0.3) is 6.08 Å². The smallest absolute Gasteiger partial charge is 0.268 e. The van der Waals surface area contributed by atoms with E-state index in [9.17, 15) is 22.9 Å². The Balaban J connectivity index is 1.72. The van der Waals surface area contributed by atoms with E-state index < -0.39 is 20.9 Å². The second-order valence-electron chi connectivity index (χ2n) is 6.35. The first-order valence-corrected chi connectivity index (χ1v) is 12.3. The second kappa shape index (κ2) is 9.99. The monoisotopic (exact) mass is 536 g/mol. The molecule has 3 aromatic rings. The maximum Gasteiger partial charge on any atom is 0.268 e. The van der Waals surface area contributed by atoms with Crippen LogP contribution in [0.1, 0.15) is 11.1 Å². The highest BCUT2D eigenvalue weighted by atomic mass is 79.9. The Morgan fingerprint density at radius 1 is 1.34 bits per heavy atom. The molecule has 0 saturated carbocycles. The highest BCUT2D eigenvalue weighted by Crippen LogP contribution is 2.28. The van der Waals surface area contributed by atoms with Crippen LogP contribution in [0.5, 0.6) is 5.75 Å². The summed E-state index contributed by atoms with van der Waals surface area (Å²) in [5, 5.41) is 11.3. The maximum atomic E-state index is 13.7. The molecule has 0 fully saturated rings. The van der Waals surface area contributed by atoms with Crippen molar-refractivity contribution in [3.8, 4) is 11.8 Å². The molecule has 1 aromatic heterocycles. The SMILES string of the molecule is CS(=O)(=O)c1nsc(NC(=O)/C(C#N)=C\c2ccc(OCc3ccccc3F)c(Br)c2)n1. The number of anilines is 1. The highest BCUT2D eigenvalue weighted by molar-refractivity contribution is 9.10. The fraction of sp³-hybridized carbons (Fsp3) is 0.100. The van der Waals surface area contributed by atoms with Crippen molar-refractivity contribution in [1.29, 1.82) is 5.26 Å². The average Bonchev–Trinajstić information content (AvgIpc) is 3.21. The first-order valence-electron chi connectivity index (χ1n) is 8.80. The minimum atomic E-state index is -3.61. The molecule has 0 unspecified atom stereocenters. The van der Waals surface area contributed by atoms with Gasteiger partial charge in [0, 0.05) is 23.4 Å². The molecule has 0 aliphatic carbocycles. The lowest BCUT2D eigenvalue weighted by molar-refractivity contribution is -0.112. The quantitative estimate of drug-likeness (QED) is 0.358. The minimum Gasteiger partial charge on any atom is -0.488 e. The van der Waals surface area contributed by atoms with Crippen LogP contribution in [0.2, 0.25) is 0 Å². The number of sulfone groups is 1. The van der Waals surface area contributed by atoms with E-state index >= 15 is 0 Å². The van der Waals surface area contributed by atoms with Crippen LogP contribution < -0.4 is 10.1 Å². The van der Waals surface area contributed by atoms with E-state index in [0.717, 1.165) is 6.26 Å². The van der Waals surface area contributed by atoms with E-state index in [1.807, 2.05) is 0 Å². The Hall–Kier alpha value is -3.14. The van der Waals surface area contributed by atoms with Crippen molar-refractivity contribution < 1.29 is 22.3 Å². The number of hydrogen-bond acceptors (Lipinski definition) is 8. The lowest BCUT2D eigenvalue weighted by Gasteiger charge is -2.09. The van der Waals surface area contributed by atoms with Gasteiger partial charge in [-0.15, -0.1) is 0 Å². The zero-order valence-electron chi connectivity index (χ0n) is 16.4. The first kappa shape index (κ1) is 23.5. The Morgan fingerprint density at radius 2 is 2.09 bits per heavy atom. The van der Waals surface area contributed by atoms with Gasteiger partial charge in [-0.1, -0.05) is 24.3 Å². The van der Waals surface area contributed by atoms with Gasteiger partial charge in [-0.25, -0.2) is 12.8 Å². The summed E-state index contributed by atoms with van der Waals surface area (Å²) in [6.45, 7) is 0.0314. The van der Waals surface area contributed by atoms with E-state index in [0.29, 0.717) is 32.9 Å². The maximum absolute atomic E-state index is 13.7. The van der Waals surface area contributed by atoms with E-state index in [4.69, 9.17) is 4.74 Å². The summed E-state index contributed by atoms with van der Waals surface area (Å²) in [4.78, 5) is 16.1. The fourth-order valence-corrected chi connectivity index (χ4v) is 4.34. The number of rotatable bonds is 7. The summed E-state index contributed by atoms with van der Waals surface area (Å²) >= 11 is 4.05. The van der Waals surface area contributed by atoms with Crippen LogP contribution in [-0.4, -0.2) is 29.9 Å². The van der Waals surface area contributed by atoms with Gasteiger partial charge in [-0.2, -0.15) is 14.6 Å². The third-order valence-electron chi connectivity index (χ3n) is 3.93. The number of ether oxygens (including phenoxy) is 1. The van der Waals surface area contributed by atoms with Gasteiger partial charge in [-0.3, -0.25) is 10.1 Å². The molecule has 0 spiro atoms. The molecule has 0 bridgehead atoms. The lowest BCUT2D eigenvalue weighted by atomic mass is 10.1. The molecule has 3 rings (SSSR count). The Labute approximate surface area is 195 Å². The number of carbonyl (C=O) groups is 1. The second-order valence-corrected chi connectivity index (χ2v) is 9.86. The van der Waals surface area contributed by atoms with E-state index in [1.165, 1.54) is 12.1 Å². The van der Waals surface area contributed by atoms with Crippen LogP contribution in [0.3, 0.4) is 0 Å². The average molecular weight is 537 g/mol. The summed E-state index contributed by atoms with van der Waals surface area (Å²) in [5.74, 6) is -0.679. The van der Waals surface area contributed by atoms with Gasteiger partial charge in [0.05, 0.1) is 4.47 Å². The standard InChI is InChI=1S/C20H14BrFN4O4S2/c1-32(28,29)20-25-19(31-26-20)24-18(27)14(10-23)8-12-6-7-17(15(21)9-12)30-11-13-4-2-3-5-16(13)22/h2-9H,11H2,1H3,(H,24,25,26,27)/b14-8-. The van der Waals surface area contributed by atoms with Gasteiger partial charge in [-0.05, 0) is 45.8 Å². The number of aromatic nitrogens is 2. The molecule has 1 amide bonds. The van der Waals surface area contributed by atoms with Gasteiger partial charge >= 0.3 is 0 Å². The van der Waals surface area contributed by atoms with Crippen LogP contribution in [-0.2, 0) is 21.2 Å². The van der Waals surface area contributed by atoms with Crippen LogP contribution in [0.15, 0.2) is 57.7 Å². The predicted octanol–water partition coefficient (Wildman–Crippen LogP) is 3.97. The third kappa shape index (κ3) is 5.97. The summed E-state index contributed by atoms with van der Waals surface area (Å²) in [5.41, 5.74) is 0.700. The molecule has 0 saturated heterocycles. The molecule has 2 aromatic carbocycles. The molecule has 1 heterocycles. The van der Waals surface area contributed by atoms with E-state index in [-0.39, 0.29) is 23.1 Å². The highest BCUT2D eigenvalue weighted by Gasteiger charge is 2.17. The van der Waals surface area contributed by atoms with Crippen LogP contribution >= 0.6 is 27.5 Å². The fourth-order valence-electron chi connectivity index (χ4n) is 2.39. The van der Waals surface area contributed by atoms with Gasteiger partial charge < -0.3 is 4.74 Å². The lowest BCUT2D eigenvalue weighted by Crippen LogP contribution is -2.13.